The molecular weight excluding hydrogens is 344 g/mol. The predicted octanol–water partition coefficient (Wildman–Crippen LogP) is 4.29. The number of nitrogens with one attached hydrogen (secondary N) is 1. The van der Waals surface area contributed by atoms with Crippen LogP contribution >= 0.6 is 11.8 Å². The zero-order chi connectivity index (χ0) is 18.2. The van der Waals surface area contributed by atoms with Gasteiger partial charge in [-0.3, -0.25) is 4.79 Å². The fourth-order valence-corrected chi connectivity index (χ4v) is 4.29. The van der Waals surface area contributed by atoms with E-state index in [1.807, 2.05) is 30.3 Å². The van der Waals surface area contributed by atoms with Crippen LogP contribution in [-0.2, 0) is 11.3 Å². The van der Waals surface area contributed by atoms with E-state index in [4.69, 9.17) is 0 Å². The van der Waals surface area contributed by atoms with Gasteiger partial charge in [-0.25, -0.2) is 0 Å². The number of hydrogen-bond acceptors (Lipinski definition) is 4. The second-order valence-corrected chi connectivity index (χ2v) is 7.76. The molecule has 1 aromatic heterocycles. The Bertz CT molecular complexity index is 693. The molecule has 0 unspecified atom stereocenters. The molecule has 1 saturated carbocycles. The summed E-state index contributed by atoms with van der Waals surface area (Å²) in [4.78, 5) is 12.4. The minimum absolute atomic E-state index is 0.104. The molecule has 1 N–H and O–H groups in total. The number of benzene rings is 1. The number of rotatable bonds is 6. The highest BCUT2D eigenvalue weighted by Gasteiger charge is 2.17. The zero-order valence-corrected chi connectivity index (χ0v) is 16.3. The van der Waals surface area contributed by atoms with Crippen LogP contribution in [-0.4, -0.2) is 32.5 Å². The molecule has 26 heavy (non-hydrogen) atoms. The van der Waals surface area contributed by atoms with Gasteiger partial charge in [0.25, 0.3) is 0 Å². The molecule has 5 nitrogen and oxygen atoms in total. The molecular formula is C20H28N4OS. The van der Waals surface area contributed by atoms with Gasteiger partial charge in [0.2, 0.25) is 5.91 Å². The highest BCUT2D eigenvalue weighted by molar-refractivity contribution is 7.99. The topological polar surface area (TPSA) is 59.8 Å². The Balaban J connectivity index is 1.57. The largest absolute Gasteiger partial charge is 0.353 e. The molecule has 2 aromatic rings. The van der Waals surface area contributed by atoms with Crippen LogP contribution in [0.4, 0.5) is 0 Å². The van der Waals surface area contributed by atoms with E-state index >= 15 is 0 Å². The number of carbonyl (C=O) groups is 1. The molecule has 1 aliphatic rings. The lowest BCUT2D eigenvalue weighted by Gasteiger charge is -2.20. The van der Waals surface area contributed by atoms with E-state index in [2.05, 4.69) is 27.0 Å². The molecule has 1 amide bonds. The van der Waals surface area contributed by atoms with E-state index < -0.39 is 0 Å². The molecule has 1 fully saturated rings. The van der Waals surface area contributed by atoms with Gasteiger partial charge >= 0.3 is 0 Å². The highest BCUT2D eigenvalue weighted by Crippen LogP contribution is 2.24. The number of thioether (sulfide) groups is 1. The second-order valence-electron chi connectivity index (χ2n) is 6.81. The van der Waals surface area contributed by atoms with Crippen LogP contribution < -0.4 is 5.32 Å². The Hall–Kier alpha value is -1.82. The Morgan fingerprint density at radius 1 is 1.12 bits per heavy atom. The summed E-state index contributed by atoms with van der Waals surface area (Å²) >= 11 is 1.47. The number of carbonyl (C=O) groups excluding carboxylic acids is 1. The van der Waals surface area contributed by atoms with Crippen molar-refractivity contribution in [3.8, 4) is 11.4 Å². The third-order valence-electron chi connectivity index (χ3n) is 4.87. The van der Waals surface area contributed by atoms with Gasteiger partial charge in [-0.15, -0.1) is 10.2 Å². The van der Waals surface area contributed by atoms with Crippen LogP contribution in [0.25, 0.3) is 11.4 Å². The van der Waals surface area contributed by atoms with Crippen LogP contribution in [0.1, 0.15) is 51.9 Å². The molecule has 140 valence electrons. The van der Waals surface area contributed by atoms with Crippen LogP contribution in [0, 0.1) is 0 Å². The first-order valence-electron chi connectivity index (χ1n) is 9.68. The Labute approximate surface area is 160 Å². The molecule has 0 saturated heterocycles. The van der Waals surface area contributed by atoms with Crippen molar-refractivity contribution in [2.45, 2.75) is 69.6 Å². The first kappa shape index (κ1) is 19.0. The number of nitrogens with zero attached hydrogens (tertiary/aromatic N) is 3. The van der Waals surface area contributed by atoms with E-state index in [-0.39, 0.29) is 5.91 Å². The van der Waals surface area contributed by atoms with Crippen molar-refractivity contribution in [2.75, 3.05) is 5.75 Å². The fourth-order valence-electron chi connectivity index (χ4n) is 3.48. The summed E-state index contributed by atoms with van der Waals surface area (Å²) < 4.78 is 2.07. The van der Waals surface area contributed by atoms with Gasteiger partial charge in [0, 0.05) is 18.2 Å². The Morgan fingerprint density at radius 3 is 2.50 bits per heavy atom. The van der Waals surface area contributed by atoms with Gasteiger partial charge in [-0.05, 0) is 19.8 Å². The molecule has 0 spiro atoms. The minimum atomic E-state index is 0.104. The van der Waals surface area contributed by atoms with Crippen molar-refractivity contribution in [3.63, 3.8) is 0 Å². The van der Waals surface area contributed by atoms with Gasteiger partial charge in [-0.1, -0.05) is 74.2 Å². The first-order valence-corrected chi connectivity index (χ1v) is 10.7. The summed E-state index contributed by atoms with van der Waals surface area (Å²) in [5, 5.41) is 12.7. The van der Waals surface area contributed by atoms with Crippen molar-refractivity contribution in [3.05, 3.63) is 30.3 Å². The quantitative estimate of drug-likeness (QED) is 0.769. The zero-order valence-electron chi connectivity index (χ0n) is 15.5. The molecule has 0 aliphatic heterocycles. The fraction of sp³-hybridized carbons (Fsp3) is 0.550. The maximum absolute atomic E-state index is 12.4. The first-order chi connectivity index (χ1) is 12.8. The number of amides is 1. The van der Waals surface area contributed by atoms with E-state index in [1.165, 1.54) is 43.9 Å². The van der Waals surface area contributed by atoms with E-state index in [9.17, 15) is 4.79 Å². The molecule has 6 heteroatoms. The lowest BCUT2D eigenvalue weighted by molar-refractivity contribution is -0.119. The lowest BCUT2D eigenvalue weighted by atomic mass is 9.97. The molecule has 1 heterocycles. The number of hydrogen-bond donors (Lipinski definition) is 1. The molecule has 1 aromatic carbocycles. The summed E-state index contributed by atoms with van der Waals surface area (Å²) in [5.41, 5.74) is 1.05. The van der Waals surface area contributed by atoms with Crippen molar-refractivity contribution in [1.82, 2.24) is 20.1 Å². The Kier molecular flexibility index (Phi) is 7.12. The SMILES string of the molecule is CCn1c(SCC(=O)NC2CCCCCCC2)nnc1-c1ccccc1. The smallest absolute Gasteiger partial charge is 0.230 e. The minimum Gasteiger partial charge on any atom is -0.353 e. The summed E-state index contributed by atoms with van der Waals surface area (Å²) in [7, 11) is 0. The standard InChI is InChI=1S/C20H28N4OS/c1-2-24-19(16-11-7-6-8-12-16)22-23-20(24)26-15-18(25)21-17-13-9-4-3-5-10-14-17/h6-8,11-12,17H,2-5,9-10,13-15H2,1H3,(H,21,25). The summed E-state index contributed by atoms with van der Waals surface area (Å²) in [6, 6.07) is 10.4. The molecule has 0 radical (unpaired) electrons. The summed E-state index contributed by atoms with van der Waals surface area (Å²) in [6.07, 6.45) is 8.60. The van der Waals surface area contributed by atoms with Crippen LogP contribution in [0.2, 0.25) is 0 Å². The van der Waals surface area contributed by atoms with Gasteiger partial charge in [0.15, 0.2) is 11.0 Å². The highest BCUT2D eigenvalue weighted by atomic mass is 32.2. The van der Waals surface area contributed by atoms with Gasteiger partial charge < -0.3 is 9.88 Å². The molecule has 0 atom stereocenters. The van der Waals surface area contributed by atoms with Crippen molar-refractivity contribution >= 4 is 17.7 Å². The van der Waals surface area contributed by atoms with E-state index in [1.54, 1.807) is 0 Å². The van der Waals surface area contributed by atoms with Gasteiger partial charge in [0.05, 0.1) is 5.75 Å². The van der Waals surface area contributed by atoms with Crippen molar-refractivity contribution < 1.29 is 4.79 Å². The number of aromatic nitrogens is 3. The normalized spacial score (nSPS) is 16.0. The van der Waals surface area contributed by atoms with E-state index in [0.717, 1.165) is 35.9 Å². The predicted molar refractivity (Wildman–Crippen MR) is 106 cm³/mol. The average molecular weight is 373 g/mol. The van der Waals surface area contributed by atoms with Crippen molar-refractivity contribution in [1.29, 1.82) is 0 Å². The lowest BCUT2D eigenvalue weighted by Crippen LogP contribution is -2.36. The third kappa shape index (κ3) is 5.10. The second kappa shape index (κ2) is 9.76. The maximum Gasteiger partial charge on any atom is 0.230 e. The summed E-state index contributed by atoms with van der Waals surface area (Å²) in [6.45, 7) is 2.86. The average Bonchev–Trinajstić information content (AvgIpc) is 3.06. The summed E-state index contributed by atoms with van der Waals surface area (Å²) in [5.74, 6) is 1.35. The van der Waals surface area contributed by atoms with Crippen LogP contribution in [0.5, 0.6) is 0 Å². The molecule has 1 aliphatic carbocycles. The van der Waals surface area contributed by atoms with Crippen LogP contribution in [0.15, 0.2) is 35.5 Å². The van der Waals surface area contributed by atoms with Crippen molar-refractivity contribution in [2.24, 2.45) is 0 Å². The third-order valence-corrected chi connectivity index (χ3v) is 5.83. The van der Waals surface area contributed by atoms with Crippen LogP contribution in [0.3, 0.4) is 0 Å². The monoisotopic (exact) mass is 372 g/mol. The maximum atomic E-state index is 12.4. The van der Waals surface area contributed by atoms with Gasteiger partial charge in [-0.2, -0.15) is 0 Å². The molecule has 3 rings (SSSR count). The van der Waals surface area contributed by atoms with E-state index in [0.29, 0.717) is 11.8 Å². The Morgan fingerprint density at radius 2 is 1.81 bits per heavy atom. The van der Waals surface area contributed by atoms with Gasteiger partial charge in [0.1, 0.15) is 0 Å². The molecule has 0 bridgehead atoms.